The fourth-order valence-electron chi connectivity index (χ4n) is 8.46. The number of likely N-dealkylation sites (N-methyl/N-ethyl adjacent to an activating group) is 3. The molecule has 3 heterocycles. The molecule has 6 atom stereocenters. The van der Waals surface area contributed by atoms with Crippen LogP contribution < -0.4 is 30.1 Å². The predicted octanol–water partition coefficient (Wildman–Crippen LogP) is 9.15. The summed E-state index contributed by atoms with van der Waals surface area (Å²) in [4.78, 5) is 38.0. The Morgan fingerprint density at radius 2 is 0.634 bits per heavy atom. The molecule has 0 radical (unpaired) electrons. The first-order valence-electron chi connectivity index (χ1n) is 23.8. The average Bonchev–Trinajstić information content (AvgIpc) is 3.40. The molecule has 3 amide bonds. The van der Waals surface area contributed by atoms with Crippen LogP contribution >= 0.6 is 34.8 Å². The zero-order valence-electron chi connectivity index (χ0n) is 42.4. The summed E-state index contributed by atoms with van der Waals surface area (Å²) >= 11 is 17.1. The zero-order chi connectivity index (χ0) is 59.3. The second-order valence-corrected chi connectivity index (χ2v) is 24.8. The van der Waals surface area contributed by atoms with Crippen LogP contribution in [0, 0.1) is 34.9 Å². The van der Waals surface area contributed by atoms with Gasteiger partial charge in [-0.3, -0.25) is 14.4 Å². The van der Waals surface area contributed by atoms with Gasteiger partial charge < -0.3 is 16.0 Å². The van der Waals surface area contributed by atoms with Crippen molar-refractivity contribution in [2.75, 3.05) is 37.1 Å². The normalized spacial score (nSPS) is 22.1. The number of carbonyl (C=O) groups is 3. The van der Waals surface area contributed by atoms with Gasteiger partial charge in [-0.1, -0.05) is 78.6 Å². The van der Waals surface area contributed by atoms with E-state index in [0.29, 0.717) is 16.7 Å². The minimum Gasteiger partial charge on any atom is -0.325 e. The van der Waals surface area contributed by atoms with Crippen LogP contribution in [0.25, 0.3) is 0 Å². The van der Waals surface area contributed by atoms with Crippen molar-refractivity contribution in [1.82, 2.24) is 27.1 Å². The van der Waals surface area contributed by atoms with E-state index < -0.39 is 120 Å². The van der Waals surface area contributed by atoms with E-state index >= 15 is 0 Å². The lowest BCUT2D eigenvalue weighted by atomic mass is 9.99. The van der Waals surface area contributed by atoms with Crippen LogP contribution in [0.1, 0.15) is 61.5 Å². The summed E-state index contributed by atoms with van der Waals surface area (Å²) in [6.07, 6.45) is 0.381. The summed E-state index contributed by atoms with van der Waals surface area (Å²) in [7, 11) is -7.93. The molecule has 6 aromatic rings. The number of halogens is 9. The van der Waals surface area contributed by atoms with Crippen molar-refractivity contribution >= 4 is 100 Å². The Morgan fingerprint density at radius 3 is 0.841 bits per heavy atom. The molecule has 0 saturated carbocycles. The second-order valence-electron chi connectivity index (χ2n) is 18.3. The molecule has 0 aromatic heterocycles. The molecular weight excluding hydrogens is 1210 g/mol. The number of carbonyl (C=O) groups excluding carboxylic acids is 3. The van der Waals surface area contributed by atoms with Gasteiger partial charge in [0.15, 0.2) is 0 Å². The van der Waals surface area contributed by atoms with Gasteiger partial charge in [-0.15, -0.1) is 0 Å². The fraction of sp³-hybridized carbons (Fsp3) is 0.250. The number of rotatable bonds is 9. The van der Waals surface area contributed by atoms with Gasteiger partial charge in [0.2, 0.25) is 17.7 Å². The highest BCUT2D eigenvalue weighted by atomic mass is 35.5. The highest BCUT2D eigenvalue weighted by Gasteiger charge is 2.43. The van der Waals surface area contributed by atoms with Gasteiger partial charge in [-0.2, -0.15) is 52.3 Å². The summed E-state index contributed by atoms with van der Waals surface area (Å²) in [5.74, 6) is -4.99. The lowest BCUT2D eigenvalue weighted by Gasteiger charge is -2.36. The van der Waals surface area contributed by atoms with Gasteiger partial charge in [0.1, 0.15) is 53.0 Å². The molecule has 3 saturated heterocycles. The first kappa shape index (κ1) is 65.0. The Kier molecular flexibility index (Phi) is 21.4. The molecule has 0 aliphatic carbocycles. The van der Waals surface area contributed by atoms with Crippen LogP contribution in [0.5, 0.6) is 0 Å². The Bertz CT molecular complexity index is 3290. The molecule has 3 aliphatic rings. The van der Waals surface area contributed by atoms with Crippen LogP contribution in [-0.4, -0.2) is 95.2 Å². The standard InChI is InChI=1S/3C17H16ClF2N3O3S.CH4/c3*1-23-16(17(24)21-12-6-7-14(20)13(18)8-12)9-15(22-27(23,25)26)10-2-4-11(19)5-3-10;/h3*2-8,15-16,22H,9H2,1H3,(H,21,24);1H4/t2*15-,16+;;/m10../s1. The molecule has 0 spiro atoms. The van der Waals surface area contributed by atoms with Crippen LogP contribution in [-0.2, 0) is 45.0 Å². The topological polar surface area (TPSA) is 236 Å². The van der Waals surface area contributed by atoms with E-state index in [-0.39, 0.29) is 58.8 Å². The Labute approximate surface area is 484 Å². The third-order valence-electron chi connectivity index (χ3n) is 13.0. The number of nitrogens with zero attached hydrogens (tertiary/aromatic N) is 3. The van der Waals surface area contributed by atoms with Crippen LogP contribution in [0.3, 0.4) is 0 Å². The lowest BCUT2D eigenvalue weighted by molar-refractivity contribution is -0.120. The maximum Gasteiger partial charge on any atom is 0.280 e. The summed E-state index contributed by atoms with van der Waals surface area (Å²) < 4.78 is 164. The first-order valence-corrected chi connectivity index (χ1v) is 29.3. The van der Waals surface area contributed by atoms with Crippen molar-refractivity contribution < 1.29 is 66.0 Å². The van der Waals surface area contributed by atoms with Crippen molar-refractivity contribution in [2.24, 2.45) is 0 Å². The SMILES string of the molecule is C.CN1C(C(=O)Nc2ccc(F)c(Cl)c2)CC(c2ccc(F)cc2)NS1(=O)=O.CN1[C@@H](C(=O)Nc2ccc(F)c(Cl)c2)C[C@@H](c2ccc(F)cc2)NS1(=O)=O.CN1[C@H](C(=O)Nc2ccc(F)c(Cl)c2)C[C@H](c2ccc(F)cc2)NS1(=O)=O. The Hall–Kier alpha value is -6.21. The fourth-order valence-corrected chi connectivity index (χ4v) is 12.8. The van der Waals surface area contributed by atoms with Gasteiger partial charge in [0.05, 0.1) is 15.1 Å². The van der Waals surface area contributed by atoms with Gasteiger partial charge in [-0.25, -0.2) is 26.3 Å². The Morgan fingerprint density at radius 1 is 0.415 bits per heavy atom. The van der Waals surface area contributed by atoms with Crippen molar-refractivity contribution in [3.63, 3.8) is 0 Å². The largest absolute Gasteiger partial charge is 0.325 e. The van der Waals surface area contributed by atoms with Gasteiger partial charge >= 0.3 is 0 Å². The van der Waals surface area contributed by atoms with E-state index in [4.69, 9.17) is 34.8 Å². The van der Waals surface area contributed by atoms with E-state index in [1.165, 1.54) is 130 Å². The summed E-state index contributed by atoms with van der Waals surface area (Å²) in [6.45, 7) is 0. The average molecular weight is 1260 g/mol. The first-order chi connectivity index (χ1) is 38.0. The molecule has 6 aromatic carbocycles. The number of hydrogen-bond donors (Lipinski definition) is 6. The second kappa shape index (κ2) is 27.0. The van der Waals surface area contributed by atoms with Crippen molar-refractivity contribution in [1.29, 1.82) is 0 Å². The van der Waals surface area contributed by atoms with Crippen LogP contribution in [0.15, 0.2) is 127 Å². The quantitative estimate of drug-likeness (QED) is 0.0756. The summed E-state index contributed by atoms with van der Waals surface area (Å²) in [5, 5.41) is 7.14. The smallest absolute Gasteiger partial charge is 0.280 e. The maximum absolute atomic E-state index is 13.3. The predicted molar refractivity (Wildman–Crippen MR) is 299 cm³/mol. The maximum atomic E-state index is 13.3. The van der Waals surface area contributed by atoms with E-state index in [9.17, 15) is 66.0 Å². The third-order valence-corrected chi connectivity index (χ3v) is 18.6. The molecule has 3 aliphatic heterocycles. The molecule has 0 bridgehead atoms. The van der Waals surface area contributed by atoms with Crippen molar-refractivity contribution in [2.45, 2.75) is 62.9 Å². The number of nitrogens with one attached hydrogen (secondary N) is 6. The molecule has 3 fully saturated rings. The highest BCUT2D eigenvalue weighted by molar-refractivity contribution is 7.87. The minimum absolute atomic E-state index is 0. The van der Waals surface area contributed by atoms with Crippen molar-refractivity contribution in [3.05, 3.63) is 194 Å². The molecule has 82 heavy (non-hydrogen) atoms. The van der Waals surface area contributed by atoms with Crippen LogP contribution in [0.2, 0.25) is 15.1 Å². The Balaban J connectivity index is 0.000000197. The van der Waals surface area contributed by atoms with Gasteiger partial charge in [-0.05, 0) is 127 Å². The summed E-state index contributed by atoms with van der Waals surface area (Å²) in [5.41, 5.74) is 2.35. The minimum atomic E-state index is -3.93. The number of hydrogen-bond acceptors (Lipinski definition) is 9. The molecule has 6 N–H and O–H groups in total. The van der Waals surface area contributed by atoms with E-state index in [0.717, 1.165) is 31.1 Å². The molecule has 18 nitrogen and oxygen atoms in total. The third kappa shape index (κ3) is 16.1. The zero-order valence-corrected chi connectivity index (χ0v) is 47.1. The monoisotopic (exact) mass is 1260 g/mol. The lowest BCUT2D eigenvalue weighted by Crippen LogP contribution is -2.55. The number of anilines is 3. The molecule has 30 heteroatoms. The molecule has 9 rings (SSSR count). The van der Waals surface area contributed by atoms with Gasteiger partial charge in [0.25, 0.3) is 30.6 Å². The molecule has 2 unspecified atom stereocenters. The van der Waals surface area contributed by atoms with E-state index in [1.807, 2.05) is 0 Å². The molecule has 440 valence electrons. The summed E-state index contributed by atoms with van der Waals surface area (Å²) in [6, 6.07) is 21.9. The number of amides is 3. The van der Waals surface area contributed by atoms with Crippen molar-refractivity contribution in [3.8, 4) is 0 Å². The van der Waals surface area contributed by atoms with E-state index in [1.54, 1.807) is 0 Å². The van der Waals surface area contributed by atoms with Crippen LogP contribution in [0.4, 0.5) is 43.4 Å². The number of benzene rings is 6. The van der Waals surface area contributed by atoms with Gasteiger partial charge in [0, 0.05) is 56.3 Å². The molecular formula is C52H52Cl3F6N9O9S3. The van der Waals surface area contributed by atoms with E-state index in [2.05, 4.69) is 30.1 Å². The highest BCUT2D eigenvalue weighted by Crippen LogP contribution is 2.33.